The zero-order valence-electron chi connectivity index (χ0n) is 15.5. The van der Waals surface area contributed by atoms with E-state index in [0.717, 1.165) is 43.3 Å². The van der Waals surface area contributed by atoms with E-state index in [1.54, 1.807) is 6.20 Å². The fourth-order valence-electron chi connectivity index (χ4n) is 4.46. The predicted octanol–water partition coefficient (Wildman–Crippen LogP) is 2.10. The van der Waals surface area contributed by atoms with Crippen LogP contribution in [0.5, 0.6) is 0 Å². The van der Waals surface area contributed by atoms with Crippen molar-refractivity contribution in [3.05, 3.63) is 41.9 Å². The lowest BCUT2D eigenvalue weighted by Crippen LogP contribution is -2.31. The van der Waals surface area contributed by atoms with E-state index in [9.17, 15) is 4.39 Å². The Labute approximate surface area is 156 Å². The average molecular weight is 367 g/mol. The lowest BCUT2D eigenvalue weighted by atomic mass is 10.0. The Hall–Kier alpha value is -2.77. The molecule has 0 amide bonds. The van der Waals surface area contributed by atoms with Gasteiger partial charge in [0.15, 0.2) is 17.3 Å². The minimum Gasteiger partial charge on any atom is -0.356 e. The minimum absolute atomic E-state index is 0.264. The fourth-order valence-corrected chi connectivity index (χ4v) is 4.46. The second-order valence-corrected chi connectivity index (χ2v) is 7.50. The second kappa shape index (κ2) is 6.14. The van der Waals surface area contributed by atoms with Gasteiger partial charge in [0, 0.05) is 55.8 Å². The zero-order valence-corrected chi connectivity index (χ0v) is 15.5. The number of fused-ring (bicyclic) bond motifs is 2. The normalized spacial score (nSPS) is 22.0. The van der Waals surface area contributed by atoms with E-state index in [-0.39, 0.29) is 5.82 Å². The van der Waals surface area contributed by atoms with Gasteiger partial charge in [-0.25, -0.2) is 19.3 Å². The summed E-state index contributed by atoms with van der Waals surface area (Å²) >= 11 is 0. The summed E-state index contributed by atoms with van der Waals surface area (Å²) in [5.41, 5.74) is 2.36. The predicted molar refractivity (Wildman–Crippen MR) is 100 cm³/mol. The third kappa shape index (κ3) is 2.62. The van der Waals surface area contributed by atoms with Gasteiger partial charge < -0.3 is 9.80 Å². The highest BCUT2D eigenvalue weighted by molar-refractivity contribution is 5.52. The van der Waals surface area contributed by atoms with Gasteiger partial charge >= 0.3 is 0 Å². The van der Waals surface area contributed by atoms with Crippen LogP contribution >= 0.6 is 0 Å². The molecule has 0 aromatic carbocycles. The van der Waals surface area contributed by atoms with Crippen LogP contribution in [0, 0.1) is 24.6 Å². The molecule has 2 fully saturated rings. The lowest BCUT2D eigenvalue weighted by molar-refractivity contribution is 0.533. The van der Waals surface area contributed by atoms with Gasteiger partial charge in [0.2, 0.25) is 0 Å². The number of hydrogen-bond donors (Lipinski definition) is 0. The molecule has 8 heteroatoms. The summed E-state index contributed by atoms with van der Waals surface area (Å²) in [6.45, 7) is 7.45. The Morgan fingerprint density at radius 1 is 1.11 bits per heavy atom. The van der Waals surface area contributed by atoms with Crippen LogP contribution in [0.2, 0.25) is 0 Å². The third-order valence-corrected chi connectivity index (χ3v) is 5.76. The van der Waals surface area contributed by atoms with Gasteiger partial charge in [0.05, 0.1) is 11.9 Å². The van der Waals surface area contributed by atoms with Crippen molar-refractivity contribution >= 4 is 17.3 Å². The lowest BCUT2D eigenvalue weighted by Gasteiger charge is -2.24. The molecular weight excluding hydrogens is 345 g/mol. The quantitative estimate of drug-likeness (QED) is 0.707. The Morgan fingerprint density at radius 2 is 1.85 bits per heavy atom. The van der Waals surface area contributed by atoms with Crippen molar-refractivity contribution in [2.75, 3.05) is 36.0 Å². The topological polar surface area (TPSA) is 62.5 Å². The van der Waals surface area contributed by atoms with Gasteiger partial charge in [-0.1, -0.05) is 6.92 Å². The molecule has 0 spiro atoms. The van der Waals surface area contributed by atoms with E-state index in [1.807, 2.05) is 24.4 Å². The first-order chi connectivity index (χ1) is 13.1. The molecule has 3 aromatic rings. The summed E-state index contributed by atoms with van der Waals surface area (Å²) in [5, 5.41) is 4.43. The van der Waals surface area contributed by atoms with E-state index >= 15 is 0 Å². The smallest absolute Gasteiger partial charge is 0.187 e. The van der Waals surface area contributed by atoms with Crippen LogP contribution in [-0.2, 0) is 6.42 Å². The zero-order chi connectivity index (χ0) is 18.5. The second-order valence-electron chi connectivity index (χ2n) is 7.50. The number of aromatic nitrogens is 5. The first kappa shape index (κ1) is 16.4. The maximum atomic E-state index is 14.6. The third-order valence-electron chi connectivity index (χ3n) is 5.76. The fraction of sp³-hybridized carbons (Fsp3) is 0.474. The van der Waals surface area contributed by atoms with Crippen molar-refractivity contribution < 1.29 is 4.39 Å². The molecule has 0 bridgehead atoms. The average Bonchev–Trinajstić information content (AvgIpc) is 3.35. The van der Waals surface area contributed by atoms with Crippen molar-refractivity contribution in [2.45, 2.75) is 20.3 Å². The van der Waals surface area contributed by atoms with Gasteiger partial charge in [0.25, 0.3) is 0 Å². The molecule has 0 saturated carbocycles. The molecule has 27 heavy (non-hydrogen) atoms. The molecule has 0 radical (unpaired) electrons. The van der Waals surface area contributed by atoms with Gasteiger partial charge in [0.1, 0.15) is 12.1 Å². The minimum atomic E-state index is -0.264. The summed E-state index contributed by atoms with van der Waals surface area (Å²) in [4.78, 5) is 17.3. The molecule has 2 aliphatic heterocycles. The number of hydrogen-bond acceptors (Lipinski definition) is 6. The van der Waals surface area contributed by atoms with Crippen LogP contribution in [0.25, 0.3) is 5.65 Å². The maximum absolute atomic E-state index is 14.6. The Kier molecular flexibility index (Phi) is 3.73. The van der Waals surface area contributed by atoms with Crippen molar-refractivity contribution in [3.8, 4) is 0 Å². The van der Waals surface area contributed by atoms with Gasteiger partial charge in [-0.05, 0) is 13.3 Å². The van der Waals surface area contributed by atoms with E-state index in [1.165, 1.54) is 6.33 Å². The van der Waals surface area contributed by atoms with Gasteiger partial charge in [-0.3, -0.25) is 0 Å². The summed E-state index contributed by atoms with van der Waals surface area (Å²) in [6.07, 6.45) is 3.84. The molecule has 7 nitrogen and oxygen atoms in total. The van der Waals surface area contributed by atoms with Crippen LogP contribution in [0.4, 0.5) is 16.0 Å². The van der Waals surface area contributed by atoms with Crippen molar-refractivity contribution in [3.63, 3.8) is 0 Å². The number of nitrogens with zero attached hydrogens (tertiary/aromatic N) is 7. The Morgan fingerprint density at radius 3 is 2.59 bits per heavy atom. The first-order valence-electron chi connectivity index (χ1n) is 9.44. The highest BCUT2D eigenvalue weighted by Crippen LogP contribution is 2.36. The summed E-state index contributed by atoms with van der Waals surface area (Å²) < 4.78 is 16.5. The molecule has 5 heterocycles. The molecule has 140 valence electrons. The standard InChI is InChI=1S/C19H22FN7/c1-3-15-18(20)19(22-11-21-15)26-9-13-7-25(8-14(13)10-26)17-6-12(2)24-16-4-5-23-27(16)17/h4-6,11,13-14H,3,7-10H2,1-2H3. The summed E-state index contributed by atoms with van der Waals surface area (Å²) in [7, 11) is 0. The van der Waals surface area contributed by atoms with Crippen LogP contribution < -0.4 is 9.80 Å². The van der Waals surface area contributed by atoms with Crippen molar-refractivity contribution in [1.82, 2.24) is 24.6 Å². The largest absolute Gasteiger partial charge is 0.356 e. The Bertz CT molecular complexity index is 987. The van der Waals surface area contributed by atoms with Crippen LogP contribution in [0.1, 0.15) is 18.3 Å². The maximum Gasteiger partial charge on any atom is 0.187 e. The molecule has 2 atom stereocenters. The highest BCUT2D eigenvalue weighted by Gasteiger charge is 2.42. The van der Waals surface area contributed by atoms with E-state index < -0.39 is 0 Å². The van der Waals surface area contributed by atoms with Crippen molar-refractivity contribution in [1.29, 1.82) is 0 Å². The monoisotopic (exact) mass is 367 g/mol. The number of rotatable bonds is 3. The van der Waals surface area contributed by atoms with E-state index in [4.69, 9.17) is 0 Å². The number of halogens is 1. The molecule has 2 aliphatic rings. The molecule has 5 rings (SSSR count). The molecule has 2 unspecified atom stereocenters. The van der Waals surface area contributed by atoms with Gasteiger partial charge in [-0.2, -0.15) is 9.61 Å². The molecular formula is C19H22FN7. The number of anilines is 2. The summed E-state index contributed by atoms with van der Waals surface area (Å²) in [5.74, 6) is 2.26. The van der Waals surface area contributed by atoms with Gasteiger partial charge in [-0.15, -0.1) is 0 Å². The van der Waals surface area contributed by atoms with Crippen LogP contribution in [0.15, 0.2) is 24.7 Å². The molecule has 3 aromatic heterocycles. The van der Waals surface area contributed by atoms with E-state index in [2.05, 4.69) is 35.9 Å². The molecule has 0 N–H and O–H groups in total. The Balaban J connectivity index is 1.37. The first-order valence-corrected chi connectivity index (χ1v) is 9.44. The summed E-state index contributed by atoms with van der Waals surface area (Å²) in [6, 6.07) is 4.02. The van der Waals surface area contributed by atoms with Crippen molar-refractivity contribution in [2.24, 2.45) is 11.8 Å². The van der Waals surface area contributed by atoms with Crippen LogP contribution in [0.3, 0.4) is 0 Å². The van der Waals surface area contributed by atoms with Crippen LogP contribution in [-0.4, -0.2) is 50.7 Å². The SMILES string of the molecule is CCc1ncnc(N2CC3CN(c4cc(C)nc5ccnn45)CC3C2)c1F. The molecule has 2 saturated heterocycles. The molecule has 0 aliphatic carbocycles. The van der Waals surface area contributed by atoms with E-state index in [0.29, 0.717) is 29.8 Å². The number of aryl methyl sites for hydroxylation is 2. The highest BCUT2D eigenvalue weighted by atomic mass is 19.1.